The first-order valence-electron chi connectivity index (χ1n) is 6.86. The second-order valence-electron chi connectivity index (χ2n) is 5.41. The number of hydrogen-bond donors (Lipinski definition) is 2. The summed E-state index contributed by atoms with van der Waals surface area (Å²) in [6.45, 7) is 5.83. The van der Waals surface area contributed by atoms with Crippen LogP contribution in [0.15, 0.2) is 12.1 Å². The molecule has 0 radical (unpaired) electrons. The number of thioether (sulfide) groups is 1. The van der Waals surface area contributed by atoms with E-state index in [4.69, 9.17) is 10.5 Å². The maximum Gasteiger partial charge on any atom is 0.239 e. The molecule has 0 aliphatic carbocycles. The second kappa shape index (κ2) is 6.89. The third-order valence-corrected chi connectivity index (χ3v) is 4.27. The normalized spacial score (nSPS) is 18.8. The maximum atomic E-state index is 5.88. The van der Waals surface area contributed by atoms with Gasteiger partial charge in [0.2, 0.25) is 5.88 Å². The van der Waals surface area contributed by atoms with Crippen molar-refractivity contribution < 1.29 is 4.74 Å². The predicted octanol–water partition coefficient (Wildman–Crippen LogP) is 2.86. The molecule has 1 aromatic rings. The van der Waals surface area contributed by atoms with Crippen LogP contribution in [0.5, 0.6) is 5.88 Å². The van der Waals surface area contributed by atoms with Crippen molar-refractivity contribution >= 4 is 23.3 Å². The van der Waals surface area contributed by atoms with Gasteiger partial charge in [0.1, 0.15) is 5.82 Å². The van der Waals surface area contributed by atoms with Crippen LogP contribution in [0.4, 0.5) is 11.5 Å². The average Bonchev–Trinajstić information content (AvgIpc) is 2.89. The molecule has 1 aliphatic rings. The van der Waals surface area contributed by atoms with Gasteiger partial charge in [-0.3, -0.25) is 0 Å². The predicted molar refractivity (Wildman–Crippen MR) is 82.9 cm³/mol. The molecular formula is C14H23N3OS. The molecule has 19 heavy (non-hydrogen) atoms. The lowest BCUT2D eigenvalue weighted by Crippen LogP contribution is -2.15. The van der Waals surface area contributed by atoms with E-state index in [0.29, 0.717) is 24.1 Å². The minimum atomic E-state index is 0.466. The van der Waals surface area contributed by atoms with Crippen LogP contribution in [-0.2, 0) is 0 Å². The molecule has 0 spiro atoms. The first kappa shape index (κ1) is 14.3. The molecule has 1 atom stereocenters. The molecule has 1 aromatic heterocycles. The summed E-state index contributed by atoms with van der Waals surface area (Å²) in [7, 11) is 0. The Morgan fingerprint density at radius 3 is 3.05 bits per heavy atom. The van der Waals surface area contributed by atoms with Gasteiger partial charge < -0.3 is 15.8 Å². The highest BCUT2D eigenvalue weighted by Gasteiger charge is 2.15. The van der Waals surface area contributed by atoms with Gasteiger partial charge in [-0.05, 0) is 41.9 Å². The fourth-order valence-corrected chi connectivity index (χ4v) is 3.19. The van der Waals surface area contributed by atoms with Gasteiger partial charge in [-0.25, -0.2) is 0 Å². The summed E-state index contributed by atoms with van der Waals surface area (Å²) in [5.74, 6) is 5.14. The molecule has 5 heteroatoms. The zero-order valence-electron chi connectivity index (χ0n) is 11.7. The molecule has 3 N–H and O–H groups in total. The Kier molecular flexibility index (Phi) is 5.19. The number of nitrogen functional groups attached to an aromatic ring is 1. The van der Waals surface area contributed by atoms with E-state index in [-0.39, 0.29) is 0 Å². The zero-order valence-corrected chi connectivity index (χ0v) is 12.5. The van der Waals surface area contributed by atoms with Gasteiger partial charge in [-0.2, -0.15) is 16.7 Å². The maximum absolute atomic E-state index is 5.88. The van der Waals surface area contributed by atoms with Gasteiger partial charge in [0, 0.05) is 6.54 Å². The van der Waals surface area contributed by atoms with E-state index in [9.17, 15) is 0 Å². The van der Waals surface area contributed by atoms with Crippen molar-refractivity contribution in [2.45, 2.75) is 20.3 Å². The van der Waals surface area contributed by atoms with Gasteiger partial charge in [-0.1, -0.05) is 13.8 Å². The lowest BCUT2D eigenvalue weighted by atomic mass is 10.1. The Morgan fingerprint density at radius 2 is 2.37 bits per heavy atom. The van der Waals surface area contributed by atoms with E-state index in [2.05, 4.69) is 24.1 Å². The Bertz CT molecular complexity index is 406. The van der Waals surface area contributed by atoms with E-state index < -0.39 is 0 Å². The fourth-order valence-electron chi connectivity index (χ4n) is 1.90. The first-order valence-corrected chi connectivity index (χ1v) is 8.01. The van der Waals surface area contributed by atoms with E-state index in [1.807, 2.05) is 23.9 Å². The van der Waals surface area contributed by atoms with Gasteiger partial charge in [-0.15, -0.1) is 0 Å². The van der Waals surface area contributed by atoms with Gasteiger partial charge in [0.15, 0.2) is 0 Å². The fraction of sp³-hybridized carbons (Fsp3) is 0.643. The molecule has 0 aromatic carbocycles. The molecule has 0 amide bonds. The van der Waals surface area contributed by atoms with Crippen molar-refractivity contribution in [1.29, 1.82) is 0 Å². The molecule has 4 nitrogen and oxygen atoms in total. The minimum Gasteiger partial charge on any atom is -0.476 e. The quantitative estimate of drug-likeness (QED) is 0.839. The number of ether oxygens (including phenoxy) is 1. The van der Waals surface area contributed by atoms with E-state index in [1.165, 1.54) is 17.9 Å². The molecule has 0 saturated carbocycles. The lowest BCUT2D eigenvalue weighted by molar-refractivity contribution is 0.263. The van der Waals surface area contributed by atoms with Crippen LogP contribution in [0.2, 0.25) is 0 Å². The van der Waals surface area contributed by atoms with Gasteiger partial charge in [0.05, 0.1) is 12.3 Å². The summed E-state index contributed by atoms with van der Waals surface area (Å²) in [4.78, 5) is 4.44. The Morgan fingerprint density at radius 1 is 1.53 bits per heavy atom. The third kappa shape index (κ3) is 4.49. The smallest absolute Gasteiger partial charge is 0.239 e. The van der Waals surface area contributed by atoms with E-state index >= 15 is 0 Å². The highest BCUT2D eigenvalue weighted by atomic mass is 32.2. The van der Waals surface area contributed by atoms with Gasteiger partial charge in [0.25, 0.3) is 0 Å². The Labute approximate surface area is 119 Å². The number of pyridine rings is 1. The second-order valence-corrected chi connectivity index (χ2v) is 6.56. The van der Waals surface area contributed by atoms with Gasteiger partial charge >= 0.3 is 0 Å². The molecule has 106 valence electrons. The monoisotopic (exact) mass is 281 g/mol. The van der Waals surface area contributed by atoms with E-state index in [0.717, 1.165) is 18.3 Å². The zero-order chi connectivity index (χ0) is 13.7. The highest BCUT2D eigenvalue weighted by Crippen LogP contribution is 2.25. The molecule has 2 rings (SSSR count). The van der Waals surface area contributed by atoms with E-state index in [1.54, 1.807) is 0 Å². The van der Waals surface area contributed by atoms with Crippen molar-refractivity contribution in [3.63, 3.8) is 0 Å². The number of nitrogens with two attached hydrogens (primary N) is 1. The highest BCUT2D eigenvalue weighted by molar-refractivity contribution is 7.99. The van der Waals surface area contributed by atoms with Crippen molar-refractivity contribution in [3.8, 4) is 5.88 Å². The number of nitrogens with one attached hydrogen (secondary N) is 1. The summed E-state index contributed by atoms with van der Waals surface area (Å²) in [6, 6.07) is 3.77. The number of anilines is 2. The summed E-state index contributed by atoms with van der Waals surface area (Å²) in [6.07, 6.45) is 1.29. The molecule has 1 saturated heterocycles. The van der Waals surface area contributed by atoms with Crippen LogP contribution in [0.3, 0.4) is 0 Å². The van der Waals surface area contributed by atoms with Crippen LogP contribution in [-0.4, -0.2) is 29.6 Å². The Balaban J connectivity index is 1.91. The Hall–Kier alpha value is -1.10. The summed E-state index contributed by atoms with van der Waals surface area (Å²) in [5, 5.41) is 3.38. The molecule has 1 aliphatic heterocycles. The third-order valence-electron chi connectivity index (χ3n) is 3.04. The molecule has 0 bridgehead atoms. The van der Waals surface area contributed by atoms with Crippen LogP contribution in [0.25, 0.3) is 0 Å². The van der Waals surface area contributed by atoms with Crippen molar-refractivity contribution in [2.75, 3.05) is 35.7 Å². The lowest BCUT2D eigenvalue weighted by Gasteiger charge is -2.14. The molecular weight excluding hydrogens is 258 g/mol. The minimum absolute atomic E-state index is 0.466. The largest absolute Gasteiger partial charge is 0.476 e. The number of aromatic nitrogens is 1. The van der Waals surface area contributed by atoms with Crippen molar-refractivity contribution in [1.82, 2.24) is 4.98 Å². The SMILES string of the molecule is CC(C)COc1nc(NCC2CCSC2)ccc1N. The van der Waals surface area contributed by atoms with Crippen LogP contribution >= 0.6 is 11.8 Å². The number of nitrogens with zero attached hydrogens (tertiary/aromatic N) is 1. The number of hydrogen-bond acceptors (Lipinski definition) is 5. The molecule has 1 fully saturated rings. The molecule has 2 heterocycles. The number of rotatable bonds is 6. The summed E-state index contributed by atoms with van der Waals surface area (Å²) in [5.41, 5.74) is 6.48. The topological polar surface area (TPSA) is 60.2 Å². The van der Waals surface area contributed by atoms with Crippen molar-refractivity contribution in [3.05, 3.63) is 12.1 Å². The van der Waals surface area contributed by atoms with Crippen LogP contribution < -0.4 is 15.8 Å². The summed E-state index contributed by atoms with van der Waals surface area (Å²) < 4.78 is 5.63. The summed E-state index contributed by atoms with van der Waals surface area (Å²) >= 11 is 2.03. The first-order chi connectivity index (χ1) is 9.15. The molecule has 1 unspecified atom stereocenters. The average molecular weight is 281 g/mol. The standard InChI is InChI=1S/C14H23N3OS/c1-10(2)8-18-14-12(15)3-4-13(17-14)16-7-11-5-6-19-9-11/h3-4,10-11H,5-9,15H2,1-2H3,(H,16,17). The van der Waals surface area contributed by atoms with Crippen LogP contribution in [0.1, 0.15) is 20.3 Å². The van der Waals surface area contributed by atoms with Crippen LogP contribution in [0, 0.1) is 11.8 Å². The van der Waals surface area contributed by atoms with Crippen molar-refractivity contribution in [2.24, 2.45) is 11.8 Å².